The topological polar surface area (TPSA) is 69.4 Å². The highest BCUT2D eigenvalue weighted by Gasteiger charge is 2.42. The van der Waals surface area contributed by atoms with Crippen LogP contribution >= 0.6 is 0 Å². The number of hydrogen-bond acceptors (Lipinski definition) is 3. The molecule has 0 saturated heterocycles. The average molecular weight is 271 g/mol. The van der Waals surface area contributed by atoms with Crippen molar-refractivity contribution in [2.24, 2.45) is 5.73 Å². The third-order valence-electron chi connectivity index (χ3n) is 1.26. The minimum atomic E-state index is -4.30. The molecule has 0 aliphatic rings. The predicted molar refractivity (Wildman–Crippen MR) is 56.1 cm³/mol. The van der Waals surface area contributed by atoms with Gasteiger partial charge < -0.3 is 10.5 Å². The first-order chi connectivity index (χ1) is 8.04. The molecule has 0 fully saturated rings. The van der Waals surface area contributed by atoms with E-state index >= 15 is 0 Å². The van der Waals surface area contributed by atoms with Gasteiger partial charge in [0.25, 0.3) is 0 Å². The molecule has 0 rings (SSSR count). The van der Waals surface area contributed by atoms with Crippen molar-refractivity contribution in [1.29, 1.82) is 0 Å². The summed E-state index contributed by atoms with van der Waals surface area (Å²) in [6.07, 6.45) is -2.79. The van der Waals surface area contributed by atoms with Crippen LogP contribution in [0.3, 0.4) is 0 Å². The molecule has 0 spiro atoms. The lowest BCUT2D eigenvalue weighted by Gasteiger charge is -2.14. The number of ether oxygens (including phenoxy) is 1. The van der Waals surface area contributed by atoms with Crippen LogP contribution in [0.5, 0.6) is 0 Å². The summed E-state index contributed by atoms with van der Waals surface area (Å²) in [7, 11) is 0. The molecule has 0 saturated carbocycles. The molecule has 104 valence electrons. The second kappa shape index (κ2) is 8.26. The van der Waals surface area contributed by atoms with Gasteiger partial charge in [0.15, 0.2) is 6.61 Å². The van der Waals surface area contributed by atoms with Gasteiger partial charge in [0, 0.05) is 5.57 Å². The highest BCUT2D eigenvalue weighted by Crippen LogP contribution is 2.23. The lowest BCUT2D eigenvalue weighted by Crippen LogP contribution is -2.33. The summed E-state index contributed by atoms with van der Waals surface area (Å²) >= 11 is 0. The Morgan fingerprint density at radius 2 is 1.83 bits per heavy atom. The lowest BCUT2D eigenvalue weighted by atomic mass is 10.3. The molecule has 8 heteroatoms. The van der Waals surface area contributed by atoms with Crippen molar-refractivity contribution in [3.8, 4) is 0 Å². The van der Waals surface area contributed by atoms with Gasteiger partial charge in [-0.25, -0.2) is 13.6 Å². The summed E-state index contributed by atoms with van der Waals surface area (Å²) in [6, 6.07) is 0. The molecule has 0 aliphatic carbocycles. The van der Waals surface area contributed by atoms with Crippen LogP contribution in [0.25, 0.3) is 0 Å². The van der Waals surface area contributed by atoms with Gasteiger partial charge >= 0.3 is 18.3 Å². The summed E-state index contributed by atoms with van der Waals surface area (Å²) in [4.78, 5) is 20.0. The fourth-order valence-electron chi connectivity index (χ4n) is 0.348. The number of rotatable bonds is 5. The monoisotopic (exact) mass is 271 g/mol. The van der Waals surface area contributed by atoms with Gasteiger partial charge in [-0.15, -0.1) is 0 Å². The maximum Gasteiger partial charge on any atom is 0.340 e. The summed E-state index contributed by atoms with van der Waals surface area (Å²) in [5, 5.41) is 0. The van der Waals surface area contributed by atoms with Crippen molar-refractivity contribution in [3.05, 3.63) is 24.8 Å². The first-order valence-corrected chi connectivity index (χ1v) is 4.45. The van der Waals surface area contributed by atoms with E-state index in [0.29, 0.717) is 0 Å². The van der Waals surface area contributed by atoms with Crippen molar-refractivity contribution in [3.63, 3.8) is 0 Å². The number of amides is 1. The first kappa shape index (κ1) is 18.5. The minimum absolute atomic E-state index is 0.120. The van der Waals surface area contributed by atoms with Crippen molar-refractivity contribution >= 4 is 11.9 Å². The predicted octanol–water partition coefficient (Wildman–Crippen LogP) is 1.66. The zero-order valence-corrected chi connectivity index (χ0v) is 9.59. The van der Waals surface area contributed by atoms with Crippen LogP contribution in [0.1, 0.15) is 6.92 Å². The zero-order chi connectivity index (χ0) is 14.9. The molecular weight excluding hydrogens is 258 g/mol. The molecule has 1 amide bonds. The first-order valence-electron chi connectivity index (χ1n) is 4.45. The fraction of sp³-hybridized carbons (Fsp3) is 0.400. The summed E-state index contributed by atoms with van der Waals surface area (Å²) in [6.45, 7) is 5.78. The highest BCUT2D eigenvalue weighted by atomic mass is 19.3. The molecule has 0 heterocycles. The summed E-state index contributed by atoms with van der Waals surface area (Å²) in [5.74, 6) is -5.89. The highest BCUT2D eigenvalue weighted by molar-refractivity contribution is 5.86. The van der Waals surface area contributed by atoms with Crippen LogP contribution in [-0.4, -0.2) is 30.8 Å². The Labute approximate surface area is 101 Å². The Hall–Kier alpha value is -1.86. The van der Waals surface area contributed by atoms with Gasteiger partial charge in [0.2, 0.25) is 5.91 Å². The van der Waals surface area contributed by atoms with E-state index in [1.807, 2.05) is 0 Å². The number of primary amides is 1. The molecule has 0 bridgehead atoms. The standard InChI is InChI=1S/C7H8F4O2.C3H5NO/c1-4(2)5(12)13-3-7(10,11)6(8)9;1-2-3(4)5/h6H,1,3H2,2H3;2H,1H2,(H2,4,5). The van der Waals surface area contributed by atoms with Crippen molar-refractivity contribution in [2.75, 3.05) is 6.61 Å². The molecule has 0 aromatic rings. The van der Waals surface area contributed by atoms with Crippen LogP contribution in [0.15, 0.2) is 24.8 Å². The van der Waals surface area contributed by atoms with Crippen LogP contribution < -0.4 is 5.73 Å². The van der Waals surface area contributed by atoms with E-state index in [1.165, 1.54) is 6.92 Å². The number of hydrogen-bond donors (Lipinski definition) is 1. The fourth-order valence-corrected chi connectivity index (χ4v) is 0.348. The molecule has 2 N–H and O–H groups in total. The average Bonchev–Trinajstić information content (AvgIpc) is 2.26. The van der Waals surface area contributed by atoms with E-state index in [-0.39, 0.29) is 5.57 Å². The second-order valence-electron chi connectivity index (χ2n) is 3.02. The molecule has 0 aromatic heterocycles. The van der Waals surface area contributed by atoms with Gasteiger partial charge in [-0.2, -0.15) is 8.78 Å². The van der Waals surface area contributed by atoms with Gasteiger partial charge in [-0.05, 0) is 13.0 Å². The summed E-state index contributed by atoms with van der Waals surface area (Å²) in [5.41, 5.74) is 4.41. The molecule has 0 aliphatic heterocycles. The van der Waals surface area contributed by atoms with E-state index in [0.717, 1.165) is 6.08 Å². The molecule has 0 atom stereocenters. The normalized spacial score (nSPS) is 10.1. The van der Waals surface area contributed by atoms with Crippen molar-refractivity contribution in [2.45, 2.75) is 19.3 Å². The Morgan fingerprint density at radius 3 is 2.06 bits per heavy atom. The number of alkyl halides is 4. The number of nitrogens with two attached hydrogens (primary N) is 1. The molecule has 18 heavy (non-hydrogen) atoms. The number of esters is 1. The molecule has 0 unspecified atom stereocenters. The Kier molecular flexibility index (Phi) is 8.49. The number of carbonyl (C=O) groups is 2. The van der Waals surface area contributed by atoms with Crippen molar-refractivity contribution < 1.29 is 31.9 Å². The zero-order valence-electron chi connectivity index (χ0n) is 9.59. The maximum absolute atomic E-state index is 12.1. The maximum atomic E-state index is 12.1. The summed E-state index contributed by atoms with van der Waals surface area (Å²) < 4.78 is 51.1. The van der Waals surface area contributed by atoms with Gasteiger partial charge in [-0.3, -0.25) is 4.79 Å². The molecule has 4 nitrogen and oxygen atoms in total. The molecule has 0 aromatic carbocycles. The third kappa shape index (κ3) is 9.37. The Balaban J connectivity index is 0. The van der Waals surface area contributed by atoms with Crippen LogP contribution in [0, 0.1) is 0 Å². The Bertz CT molecular complexity index is 329. The smallest absolute Gasteiger partial charge is 0.340 e. The van der Waals surface area contributed by atoms with Crippen LogP contribution in [0.4, 0.5) is 17.6 Å². The minimum Gasteiger partial charge on any atom is -0.456 e. The molecule has 0 radical (unpaired) electrons. The van der Waals surface area contributed by atoms with Crippen LogP contribution in [-0.2, 0) is 14.3 Å². The number of halogens is 4. The molecular formula is C10H13F4NO3. The SMILES string of the molecule is C=C(C)C(=O)OCC(F)(F)C(F)F.C=CC(N)=O. The van der Waals surface area contributed by atoms with E-state index in [9.17, 15) is 27.2 Å². The lowest BCUT2D eigenvalue weighted by molar-refractivity contribution is -0.176. The van der Waals surface area contributed by atoms with Crippen LogP contribution in [0.2, 0.25) is 0 Å². The van der Waals surface area contributed by atoms with E-state index in [2.05, 4.69) is 23.6 Å². The Morgan fingerprint density at radius 1 is 1.44 bits per heavy atom. The van der Waals surface area contributed by atoms with E-state index in [1.54, 1.807) is 0 Å². The van der Waals surface area contributed by atoms with Crippen molar-refractivity contribution in [1.82, 2.24) is 0 Å². The van der Waals surface area contributed by atoms with Gasteiger partial charge in [-0.1, -0.05) is 13.2 Å². The van der Waals surface area contributed by atoms with Gasteiger partial charge in [0.05, 0.1) is 0 Å². The quantitative estimate of drug-likeness (QED) is 0.469. The van der Waals surface area contributed by atoms with Gasteiger partial charge in [0.1, 0.15) is 0 Å². The van der Waals surface area contributed by atoms with E-state index < -0.39 is 30.8 Å². The third-order valence-corrected chi connectivity index (χ3v) is 1.26. The largest absolute Gasteiger partial charge is 0.456 e. The number of carbonyl (C=O) groups excluding carboxylic acids is 2. The van der Waals surface area contributed by atoms with E-state index in [4.69, 9.17) is 0 Å². The second-order valence-corrected chi connectivity index (χ2v) is 3.02.